The van der Waals surface area contributed by atoms with E-state index in [2.05, 4.69) is 65.3 Å². The van der Waals surface area contributed by atoms with Crippen molar-refractivity contribution in [2.45, 2.75) is 13.8 Å². The summed E-state index contributed by atoms with van der Waals surface area (Å²) in [5.41, 5.74) is 6.47. The number of hydrogen-bond acceptors (Lipinski definition) is 3. The molecule has 0 spiro atoms. The Morgan fingerprint density at radius 2 is 1.17 bits per heavy atom. The standard InChI is InChI=1S/C56H37BN4O.C7H9N.Pt/c1-6-20-41(21-7-1)49-32-19-33-50(42-22-8-2-9-23-42)55(49)60-40-59(53-34-16-17-35-54(53)60)46-30-18-31-47(38-46)62-48-36-37-52-51(39-48)58-56(61(52)45-28-14-5-15-29-45)57(43-24-10-3-11-25-43)44-26-12-4-13-27-44;1-6-4-3-5-8-7(6)2;/h1-37H;3-5H,1-2H3;/q-2;;/i1D,2D,6D,7D,8D,9D,19D,20D,21D,22D,23D,32D,33D;;. The average molecular weight is 1110 g/mol. The molecule has 0 saturated carbocycles. The SMILES string of the molecule is Cc1cccnc1C.[2H]c1c([2H])c([2H])c(-c2c([2H])c([2H])c([2H])c(-c3c([2H])c([2H])c([2H])c([2H])c3[2H])c2-[n+]2[c-]n(-c3[c-]c(Oc4[c-]c5nc(B(c6ccccc6)c6ccccc6)n(-c6ccccc6)c5cc4)ccc3)c3ccccc32)c([2H])c1[2H].[Pt]. The summed E-state index contributed by atoms with van der Waals surface area (Å²) in [6.45, 7) is 3.82. The van der Waals surface area contributed by atoms with E-state index in [1.807, 2.05) is 92.0 Å². The van der Waals surface area contributed by atoms with Crippen LogP contribution in [0.1, 0.15) is 29.1 Å². The summed E-state index contributed by atoms with van der Waals surface area (Å²) >= 11 is 0. The third-order valence-electron chi connectivity index (χ3n) is 11.7. The normalized spacial score (nSPS) is 13.4. The van der Waals surface area contributed by atoms with E-state index in [1.165, 1.54) is 10.1 Å². The molecule has 0 radical (unpaired) electrons. The van der Waals surface area contributed by atoms with Crippen molar-refractivity contribution in [2.24, 2.45) is 0 Å². The van der Waals surface area contributed by atoms with Crippen molar-refractivity contribution >= 4 is 45.4 Å². The van der Waals surface area contributed by atoms with Gasteiger partial charge in [0.2, 0.25) is 0 Å². The van der Waals surface area contributed by atoms with Gasteiger partial charge in [-0.05, 0) is 76.6 Å². The summed E-state index contributed by atoms with van der Waals surface area (Å²) in [6, 6.07) is 47.3. The van der Waals surface area contributed by atoms with Gasteiger partial charge in [-0.3, -0.25) is 14.5 Å². The van der Waals surface area contributed by atoms with Gasteiger partial charge in [-0.25, -0.2) is 0 Å². The maximum Gasteiger partial charge on any atom is 0.286 e. The molecule has 0 aliphatic carbocycles. The van der Waals surface area contributed by atoms with Crippen LogP contribution >= 0.6 is 0 Å². The van der Waals surface area contributed by atoms with E-state index < -0.39 is 101 Å². The molecule has 0 aliphatic rings. The second-order valence-corrected chi connectivity index (χ2v) is 16.1. The van der Waals surface area contributed by atoms with Gasteiger partial charge in [-0.2, -0.15) is 12.1 Å². The molecule has 3 heterocycles. The minimum absolute atomic E-state index is 0. The summed E-state index contributed by atoms with van der Waals surface area (Å²) < 4.78 is 126. The molecule has 0 fully saturated rings. The molecule has 0 aliphatic heterocycles. The third kappa shape index (κ3) is 9.66. The zero-order valence-electron chi connectivity index (χ0n) is 51.1. The van der Waals surface area contributed by atoms with Gasteiger partial charge >= 0.3 is 0 Å². The molecular formula is C63H46BN5OPt-2. The van der Waals surface area contributed by atoms with Gasteiger partial charge in [-0.1, -0.05) is 199 Å². The quantitative estimate of drug-likeness (QED) is 0.0779. The molecule has 71 heavy (non-hydrogen) atoms. The van der Waals surface area contributed by atoms with Crippen LogP contribution in [0.25, 0.3) is 61.4 Å². The molecule has 0 unspecified atom stereocenters. The number of nitrogens with zero attached hydrogens (tertiary/aromatic N) is 5. The van der Waals surface area contributed by atoms with Crippen molar-refractivity contribution in [3.05, 3.63) is 272 Å². The minimum Gasteiger partial charge on any atom is -0.510 e. The Balaban J connectivity index is 0.000000807. The van der Waals surface area contributed by atoms with Gasteiger partial charge in [0, 0.05) is 50.1 Å². The summed E-state index contributed by atoms with van der Waals surface area (Å²) in [7, 11) is 0. The molecule has 12 rings (SSSR count). The van der Waals surface area contributed by atoms with Gasteiger partial charge < -0.3 is 13.9 Å². The molecule has 9 aromatic carbocycles. The van der Waals surface area contributed by atoms with Crippen LogP contribution in [0.3, 0.4) is 0 Å². The van der Waals surface area contributed by atoms with E-state index in [9.17, 15) is 2.74 Å². The van der Waals surface area contributed by atoms with Crippen LogP contribution in [0.4, 0.5) is 0 Å². The zero-order valence-corrected chi connectivity index (χ0v) is 40.4. The smallest absolute Gasteiger partial charge is 0.286 e. The molecule has 6 nitrogen and oxygen atoms in total. The number of para-hydroxylation sites is 4. The molecule has 0 bridgehead atoms. The first-order chi connectivity index (χ1) is 40.0. The van der Waals surface area contributed by atoms with Crippen molar-refractivity contribution in [2.75, 3.05) is 0 Å². The molecule has 3 aromatic heterocycles. The predicted molar refractivity (Wildman–Crippen MR) is 285 cm³/mol. The molecule has 8 heteroatoms. The van der Waals surface area contributed by atoms with Crippen LogP contribution in [-0.4, -0.2) is 25.8 Å². The number of rotatable bonds is 10. The van der Waals surface area contributed by atoms with Gasteiger partial charge in [0.1, 0.15) is 0 Å². The van der Waals surface area contributed by atoms with Crippen LogP contribution in [0.5, 0.6) is 11.5 Å². The first-order valence-corrected chi connectivity index (χ1v) is 22.4. The number of benzene rings is 9. The fourth-order valence-corrected chi connectivity index (χ4v) is 8.34. The van der Waals surface area contributed by atoms with Crippen LogP contribution in [0, 0.1) is 32.3 Å². The van der Waals surface area contributed by atoms with E-state index in [1.54, 1.807) is 53.1 Å². The molecule has 0 N–H and O–H groups in total. The Morgan fingerprint density at radius 3 is 1.79 bits per heavy atom. The summed E-state index contributed by atoms with van der Waals surface area (Å²) in [5, 5.41) is 0. The van der Waals surface area contributed by atoms with E-state index >= 15 is 0 Å². The van der Waals surface area contributed by atoms with Gasteiger partial charge in [0.25, 0.3) is 13.0 Å². The minimum atomic E-state index is -0.782. The topological polar surface area (TPSA) is 48.8 Å². The number of pyridine rings is 1. The van der Waals surface area contributed by atoms with E-state index in [0.29, 0.717) is 28.0 Å². The van der Waals surface area contributed by atoms with Crippen molar-refractivity contribution in [3.8, 4) is 50.8 Å². The largest absolute Gasteiger partial charge is 0.510 e. The van der Waals surface area contributed by atoms with Crippen LogP contribution < -0.4 is 26.0 Å². The summed E-state index contributed by atoms with van der Waals surface area (Å²) in [4.78, 5) is 9.34. The summed E-state index contributed by atoms with van der Waals surface area (Å²) in [5.74, 6) is 0.593. The fourth-order valence-electron chi connectivity index (χ4n) is 8.34. The van der Waals surface area contributed by atoms with E-state index in [4.69, 9.17) is 24.8 Å². The Morgan fingerprint density at radius 1 is 0.563 bits per heavy atom. The van der Waals surface area contributed by atoms with Gasteiger partial charge in [0.15, 0.2) is 0 Å². The molecule has 344 valence electrons. The summed E-state index contributed by atoms with van der Waals surface area (Å²) in [6.07, 6.45) is 5.05. The number of fused-ring (bicyclic) bond motifs is 2. The third-order valence-corrected chi connectivity index (χ3v) is 11.7. The molecule has 0 atom stereocenters. The van der Waals surface area contributed by atoms with Crippen LogP contribution in [0.2, 0.25) is 0 Å². The number of imidazole rings is 2. The second-order valence-electron chi connectivity index (χ2n) is 16.1. The maximum absolute atomic E-state index is 9.35. The fraction of sp³-hybridized carbons (Fsp3) is 0.0317. The van der Waals surface area contributed by atoms with Crippen LogP contribution in [-0.2, 0) is 21.1 Å². The predicted octanol–water partition coefficient (Wildman–Crippen LogP) is 12.0. The molecular weight excluding hydrogens is 1050 g/mol. The number of aromatic nitrogens is 5. The average Bonchev–Trinajstić information content (AvgIpc) is 2.53. The first kappa shape index (κ1) is 33.2. The molecule has 0 saturated heterocycles. The molecule has 0 amide bonds. The maximum atomic E-state index is 9.35. The number of hydrogen-bond donors (Lipinski definition) is 0. The Bertz CT molecular complexity index is 4300. The van der Waals surface area contributed by atoms with Gasteiger partial charge in [-0.15, -0.1) is 30.3 Å². The van der Waals surface area contributed by atoms with Crippen LogP contribution in [0.15, 0.2) is 242 Å². The number of ether oxygens (including phenoxy) is 1. The van der Waals surface area contributed by atoms with E-state index in [0.717, 1.165) is 33.5 Å². The van der Waals surface area contributed by atoms with E-state index in [-0.39, 0.29) is 39.2 Å². The number of aryl methyl sites for hydroxylation is 2. The van der Waals surface area contributed by atoms with Crippen molar-refractivity contribution < 1.29 is 48.2 Å². The van der Waals surface area contributed by atoms with Crippen molar-refractivity contribution in [3.63, 3.8) is 0 Å². The monoisotopic (exact) mass is 1110 g/mol. The molecule has 12 aromatic rings. The first-order valence-electron chi connectivity index (χ1n) is 28.9. The zero-order chi connectivity index (χ0) is 58.5. The Kier molecular flexibility index (Phi) is 9.86. The van der Waals surface area contributed by atoms with Gasteiger partial charge in [0.05, 0.1) is 40.3 Å². The Hall–Kier alpha value is -8.38. The van der Waals surface area contributed by atoms with Crippen molar-refractivity contribution in [1.29, 1.82) is 0 Å². The second kappa shape index (κ2) is 21.1. The van der Waals surface area contributed by atoms with Crippen molar-refractivity contribution in [1.82, 2.24) is 19.1 Å². The Labute approximate surface area is 447 Å².